The first-order chi connectivity index (χ1) is 29.0. The maximum atomic E-state index is 9.43. The predicted molar refractivity (Wildman–Crippen MR) is 192 cm³/mol. The number of rotatable bonds is 3. The molecule has 10 aromatic rings. The van der Waals surface area contributed by atoms with Crippen molar-refractivity contribution in [3.63, 3.8) is 0 Å². The van der Waals surface area contributed by atoms with Crippen LogP contribution in [0.3, 0.4) is 0 Å². The van der Waals surface area contributed by atoms with E-state index in [1.165, 1.54) is 0 Å². The lowest BCUT2D eigenvalue weighted by Crippen LogP contribution is -1.91. The van der Waals surface area contributed by atoms with E-state index in [9.17, 15) is 8.22 Å². The van der Waals surface area contributed by atoms with Crippen molar-refractivity contribution in [3.8, 4) is 33.4 Å². The van der Waals surface area contributed by atoms with Crippen LogP contribution >= 0.6 is 0 Å². The zero-order chi connectivity index (χ0) is 43.2. The normalized spacial score (nSPS) is 16.5. The average molecular weight is 602 g/mol. The molecule has 0 spiro atoms. The third-order valence-corrected chi connectivity index (χ3v) is 8.41. The van der Waals surface area contributed by atoms with E-state index in [1.807, 2.05) is 42.5 Å². The quantitative estimate of drug-likeness (QED) is 0.188. The minimum Gasteiger partial charge on any atom is -0.464 e. The Morgan fingerprint density at radius 1 is 0.435 bits per heavy atom. The maximum absolute atomic E-state index is 9.43. The summed E-state index contributed by atoms with van der Waals surface area (Å²) in [5, 5.41) is 0.109. The molecule has 0 saturated carbocycles. The summed E-state index contributed by atoms with van der Waals surface area (Å²) >= 11 is 0. The fraction of sp³-hybridized carbons (Fsp3) is 0. The fourth-order valence-corrected chi connectivity index (χ4v) is 6.36. The first kappa shape index (κ1) is 14.8. The maximum Gasteiger partial charge on any atom is 0.136 e. The molecule has 2 nitrogen and oxygen atoms in total. The van der Waals surface area contributed by atoms with Crippen LogP contribution in [0.1, 0.15) is 20.6 Å². The SMILES string of the molecule is [2H]c1c([2H])c([2H])c2c([2H])c(-c3c4c([2H])c([2H])c([2H])c([2H])c4c(-c4ccc5oc6cc7c(-c8ccccc8)coc7cc6c5c4)c4c([2H])c([2H])c([2H])c([2H])c34)c([2H])c([2H])c2c1[2H]. The van der Waals surface area contributed by atoms with Gasteiger partial charge >= 0.3 is 0 Å². The smallest absolute Gasteiger partial charge is 0.136 e. The molecule has 0 aliphatic carbocycles. The molecule has 0 aliphatic heterocycles. The van der Waals surface area contributed by atoms with Crippen molar-refractivity contribution < 1.29 is 29.4 Å². The predicted octanol–water partition coefficient (Wildman–Crippen LogP) is 12.8. The van der Waals surface area contributed by atoms with Crippen LogP contribution in [0.4, 0.5) is 0 Å². The van der Waals surface area contributed by atoms with Gasteiger partial charge in [-0.1, -0.05) is 121 Å². The van der Waals surface area contributed by atoms with Gasteiger partial charge < -0.3 is 8.83 Å². The minimum absolute atomic E-state index is 0.00121. The molecule has 0 atom stereocenters. The van der Waals surface area contributed by atoms with Gasteiger partial charge in [-0.25, -0.2) is 0 Å². The van der Waals surface area contributed by atoms with Crippen molar-refractivity contribution >= 4 is 65.2 Å². The standard InChI is InChI=1S/C44H26O2/c1-2-11-28(12-3-1)39-26-45-41-24-37-36-23-31(20-21-40(36)46-42(37)25-38(39)41)44-34-16-8-6-14-32(34)43(33-15-7-9-17-35(33)44)30-19-18-27-10-4-5-13-29(27)22-30/h1-26H/i4D,5D,6D,7D,8D,9D,10D,13D,14D,15D,16D,17D,18D,19D,22D. The van der Waals surface area contributed by atoms with Crippen LogP contribution in [0.15, 0.2) is 166 Å². The van der Waals surface area contributed by atoms with Crippen LogP contribution < -0.4 is 0 Å². The van der Waals surface area contributed by atoms with Crippen molar-refractivity contribution in [1.29, 1.82) is 0 Å². The minimum atomic E-state index is -0.747. The highest BCUT2D eigenvalue weighted by molar-refractivity contribution is 6.22. The van der Waals surface area contributed by atoms with Crippen LogP contribution in [-0.2, 0) is 0 Å². The van der Waals surface area contributed by atoms with Gasteiger partial charge in [-0.3, -0.25) is 0 Å². The van der Waals surface area contributed by atoms with E-state index in [4.69, 9.17) is 21.2 Å². The Labute approximate surface area is 285 Å². The highest BCUT2D eigenvalue weighted by atomic mass is 16.3. The summed E-state index contributed by atoms with van der Waals surface area (Å²) < 4.78 is 146. The lowest BCUT2D eigenvalue weighted by atomic mass is 9.85. The van der Waals surface area contributed by atoms with Crippen molar-refractivity contribution in [2.24, 2.45) is 0 Å². The third kappa shape index (κ3) is 3.71. The van der Waals surface area contributed by atoms with Crippen LogP contribution in [0.25, 0.3) is 98.6 Å². The van der Waals surface area contributed by atoms with E-state index in [-0.39, 0.29) is 38.2 Å². The molecule has 0 saturated heterocycles. The van der Waals surface area contributed by atoms with Gasteiger partial charge in [0.25, 0.3) is 0 Å². The molecule has 214 valence electrons. The molecule has 2 heteroatoms. The number of fused-ring (bicyclic) bond motifs is 7. The molecule has 0 N–H and O–H groups in total. The first-order valence-corrected chi connectivity index (χ1v) is 14.4. The Kier molecular flexibility index (Phi) is 3.11. The average Bonchev–Trinajstić information content (AvgIpc) is 3.84. The van der Waals surface area contributed by atoms with Gasteiger partial charge in [-0.2, -0.15) is 0 Å². The lowest BCUT2D eigenvalue weighted by Gasteiger charge is -2.18. The second-order valence-electron chi connectivity index (χ2n) is 10.9. The summed E-state index contributed by atoms with van der Waals surface area (Å²) in [7, 11) is 0. The van der Waals surface area contributed by atoms with Crippen molar-refractivity contribution in [3.05, 3.63) is 158 Å². The molecule has 0 bridgehead atoms. The zero-order valence-corrected chi connectivity index (χ0v) is 23.7. The second kappa shape index (κ2) is 9.69. The summed E-state index contributed by atoms with van der Waals surface area (Å²) in [4.78, 5) is 0. The summed E-state index contributed by atoms with van der Waals surface area (Å²) in [5.74, 6) is 0. The fourth-order valence-electron chi connectivity index (χ4n) is 6.36. The van der Waals surface area contributed by atoms with Gasteiger partial charge in [0.1, 0.15) is 16.7 Å². The van der Waals surface area contributed by atoms with Gasteiger partial charge in [0.2, 0.25) is 0 Å². The number of hydrogen-bond acceptors (Lipinski definition) is 2. The van der Waals surface area contributed by atoms with Crippen molar-refractivity contribution in [1.82, 2.24) is 0 Å². The molecule has 0 radical (unpaired) electrons. The summed E-state index contributed by atoms with van der Waals surface area (Å²) in [6.45, 7) is 0. The highest BCUT2D eigenvalue weighted by Crippen LogP contribution is 2.45. The number of furan rings is 2. The number of benzene rings is 8. The Morgan fingerprint density at radius 3 is 1.80 bits per heavy atom. The van der Waals surface area contributed by atoms with Gasteiger partial charge in [0.15, 0.2) is 0 Å². The lowest BCUT2D eigenvalue weighted by molar-refractivity contribution is 0.617. The van der Waals surface area contributed by atoms with Gasteiger partial charge in [0.05, 0.1) is 26.8 Å². The Morgan fingerprint density at radius 2 is 1.07 bits per heavy atom. The molecular weight excluding hydrogens is 560 g/mol. The number of hydrogen-bond donors (Lipinski definition) is 0. The van der Waals surface area contributed by atoms with Crippen LogP contribution in [0, 0.1) is 0 Å². The third-order valence-electron chi connectivity index (χ3n) is 8.41. The molecular formula is C44H26O2. The Hall–Kier alpha value is -6.12. The summed E-state index contributed by atoms with van der Waals surface area (Å²) in [6, 6.07) is 8.19. The van der Waals surface area contributed by atoms with Crippen LogP contribution in [0.5, 0.6) is 0 Å². The molecule has 8 aromatic carbocycles. The second-order valence-corrected chi connectivity index (χ2v) is 10.9. The van der Waals surface area contributed by atoms with Crippen molar-refractivity contribution in [2.75, 3.05) is 0 Å². The van der Waals surface area contributed by atoms with Crippen LogP contribution in [0.2, 0.25) is 0 Å². The molecule has 0 unspecified atom stereocenters. The Bertz CT molecular complexity index is 3570. The van der Waals surface area contributed by atoms with Gasteiger partial charge in [0, 0.05) is 21.7 Å². The molecule has 0 amide bonds. The molecule has 0 fully saturated rings. The molecule has 2 aromatic heterocycles. The highest BCUT2D eigenvalue weighted by Gasteiger charge is 2.19. The summed E-state index contributed by atoms with van der Waals surface area (Å²) in [6.07, 6.45) is 1.66. The molecule has 10 rings (SSSR count). The molecule has 46 heavy (non-hydrogen) atoms. The summed E-state index contributed by atoms with van der Waals surface area (Å²) in [5.41, 5.74) is 2.72. The topological polar surface area (TPSA) is 26.3 Å². The first-order valence-electron chi connectivity index (χ1n) is 21.9. The van der Waals surface area contributed by atoms with E-state index < -0.39 is 107 Å². The van der Waals surface area contributed by atoms with E-state index in [1.54, 1.807) is 24.5 Å². The monoisotopic (exact) mass is 601 g/mol. The van der Waals surface area contributed by atoms with E-state index in [0.29, 0.717) is 27.5 Å². The van der Waals surface area contributed by atoms with Crippen molar-refractivity contribution in [2.45, 2.75) is 0 Å². The van der Waals surface area contributed by atoms with Gasteiger partial charge in [-0.15, -0.1) is 0 Å². The molecule has 0 aliphatic rings. The van der Waals surface area contributed by atoms with E-state index >= 15 is 0 Å². The van der Waals surface area contributed by atoms with E-state index in [2.05, 4.69) is 0 Å². The zero-order valence-electron chi connectivity index (χ0n) is 38.7. The molecule has 2 heterocycles. The van der Waals surface area contributed by atoms with Crippen LogP contribution in [-0.4, -0.2) is 0 Å². The van der Waals surface area contributed by atoms with Gasteiger partial charge in [-0.05, 0) is 90.4 Å². The van der Waals surface area contributed by atoms with E-state index in [0.717, 1.165) is 16.5 Å². The largest absolute Gasteiger partial charge is 0.464 e. The Balaban J connectivity index is 1.39.